The van der Waals surface area contributed by atoms with E-state index in [2.05, 4.69) is 5.43 Å². The zero-order valence-corrected chi connectivity index (χ0v) is 13.4. The van der Waals surface area contributed by atoms with Gasteiger partial charge in [0.2, 0.25) is 5.91 Å². The molecule has 1 aliphatic heterocycles. The van der Waals surface area contributed by atoms with Crippen LogP contribution >= 0.6 is 23.4 Å². The highest BCUT2D eigenvalue weighted by Gasteiger charge is 2.36. The highest BCUT2D eigenvalue weighted by atomic mass is 35.5. The number of rotatable bonds is 4. The summed E-state index contributed by atoms with van der Waals surface area (Å²) in [5.74, 6) is -1.39. The van der Waals surface area contributed by atoms with Gasteiger partial charge in [0.1, 0.15) is 0 Å². The van der Waals surface area contributed by atoms with E-state index in [1.54, 1.807) is 48.5 Å². The average molecular weight is 347 g/mol. The molecule has 0 unspecified atom stereocenters. The van der Waals surface area contributed by atoms with Crippen LogP contribution in [0.5, 0.6) is 0 Å². The number of benzene rings is 2. The molecular weight excluding hydrogens is 336 g/mol. The first-order chi connectivity index (χ1) is 11.1. The van der Waals surface area contributed by atoms with E-state index in [4.69, 9.17) is 11.6 Å². The predicted octanol–water partition coefficient (Wildman–Crippen LogP) is 2.76. The van der Waals surface area contributed by atoms with E-state index in [0.717, 1.165) is 9.90 Å². The monoisotopic (exact) mass is 346 g/mol. The molecule has 2 aromatic rings. The summed E-state index contributed by atoms with van der Waals surface area (Å²) >= 11 is 7.08. The van der Waals surface area contributed by atoms with Gasteiger partial charge >= 0.3 is 0 Å². The van der Waals surface area contributed by atoms with Gasteiger partial charge in [-0.15, -0.1) is 11.8 Å². The first-order valence-corrected chi connectivity index (χ1v) is 8.08. The van der Waals surface area contributed by atoms with Crippen LogP contribution in [-0.2, 0) is 4.79 Å². The number of amides is 3. The Morgan fingerprint density at radius 3 is 2.13 bits per heavy atom. The maximum atomic E-state index is 12.1. The van der Waals surface area contributed by atoms with Crippen molar-refractivity contribution in [3.8, 4) is 0 Å². The molecule has 0 bridgehead atoms. The maximum Gasteiger partial charge on any atom is 0.280 e. The van der Waals surface area contributed by atoms with Gasteiger partial charge in [0.15, 0.2) is 0 Å². The van der Waals surface area contributed by atoms with Gasteiger partial charge in [-0.25, -0.2) is 0 Å². The molecule has 0 spiro atoms. The molecule has 0 saturated carbocycles. The quantitative estimate of drug-likeness (QED) is 0.683. The summed E-state index contributed by atoms with van der Waals surface area (Å²) < 4.78 is 0. The molecule has 116 valence electrons. The molecule has 2 aromatic carbocycles. The van der Waals surface area contributed by atoms with E-state index in [1.165, 1.54) is 11.8 Å². The molecule has 5 nitrogen and oxygen atoms in total. The van der Waals surface area contributed by atoms with E-state index < -0.39 is 17.7 Å². The summed E-state index contributed by atoms with van der Waals surface area (Å²) in [7, 11) is 0. The van der Waals surface area contributed by atoms with Gasteiger partial charge in [0.25, 0.3) is 11.8 Å². The number of carbonyl (C=O) groups excluding carboxylic acids is 3. The number of halogens is 1. The van der Waals surface area contributed by atoms with Gasteiger partial charge in [0, 0.05) is 9.92 Å². The largest absolute Gasteiger partial charge is 0.280 e. The lowest BCUT2D eigenvalue weighted by atomic mass is 10.1. The summed E-state index contributed by atoms with van der Waals surface area (Å²) in [6.45, 7) is 0. The van der Waals surface area contributed by atoms with Gasteiger partial charge in [0.05, 0.1) is 16.9 Å². The number of nitrogens with one attached hydrogen (secondary N) is 1. The van der Waals surface area contributed by atoms with Gasteiger partial charge < -0.3 is 0 Å². The fourth-order valence-electron chi connectivity index (χ4n) is 2.13. The van der Waals surface area contributed by atoms with Gasteiger partial charge in [-0.3, -0.25) is 19.8 Å². The SMILES string of the molecule is O=C(CSc1ccc(Cl)cc1)NN1C(=O)c2ccccc2C1=O. The topological polar surface area (TPSA) is 66.5 Å². The number of imide groups is 1. The lowest BCUT2D eigenvalue weighted by molar-refractivity contribution is -0.121. The average Bonchev–Trinajstić information content (AvgIpc) is 2.80. The van der Waals surface area contributed by atoms with E-state index in [9.17, 15) is 14.4 Å². The Bertz CT molecular complexity index is 757. The Morgan fingerprint density at radius 2 is 1.57 bits per heavy atom. The van der Waals surface area contributed by atoms with Crippen molar-refractivity contribution in [1.29, 1.82) is 0 Å². The standard InChI is InChI=1S/C16H11ClN2O3S/c17-10-5-7-11(8-6-10)23-9-14(20)18-19-15(21)12-3-1-2-4-13(12)16(19)22/h1-8H,9H2,(H,18,20). The molecule has 0 saturated heterocycles. The number of fused-ring (bicyclic) bond motifs is 1. The molecule has 0 atom stereocenters. The molecule has 3 amide bonds. The second-order valence-electron chi connectivity index (χ2n) is 4.77. The summed E-state index contributed by atoms with van der Waals surface area (Å²) in [5, 5.41) is 1.37. The maximum absolute atomic E-state index is 12.1. The first-order valence-electron chi connectivity index (χ1n) is 6.72. The highest BCUT2D eigenvalue weighted by Crippen LogP contribution is 2.22. The third-order valence-electron chi connectivity index (χ3n) is 3.21. The minimum absolute atomic E-state index is 0.0784. The Hall–Kier alpha value is -2.31. The van der Waals surface area contributed by atoms with Crippen molar-refractivity contribution in [2.75, 3.05) is 5.75 Å². The van der Waals surface area contributed by atoms with Crippen LogP contribution < -0.4 is 5.43 Å². The second kappa shape index (κ2) is 6.44. The first kappa shape index (κ1) is 15.6. The van der Waals surface area contributed by atoms with Crippen molar-refractivity contribution in [3.63, 3.8) is 0 Å². The molecular formula is C16H11ClN2O3S. The van der Waals surface area contributed by atoms with Crippen LogP contribution in [0, 0.1) is 0 Å². The van der Waals surface area contributed by atoms with Crippen molar-refractivity contribution >= 4 is 41.1 Å². The van der Waals surface area contributed by atoms with Crippen LogP contribution in [0.3, 0.4) is 0 Å². The molecule has 7 heteroatoms. The van der Waals surface area contributed by atoms with Crippen LogP contribution in [0.15, 0.2) is 53.4 Å². The Kier molecular flexibility index (Phi) is 4.36. The normalized spacial score (nSPS) is 13.2. The molecule has 0 fully saturated rings. The zero-order valence-electron chi connectivity index (χ0n) is 11.8. The van der Waals surface area contributed by atoms with Crippen molar-refractivity contribution in [2.24, 2.45) is 0 Å². The fraction of sp³-hybridized carbons (Fsp3) is 0.0625. The number of hydrogen-bond donors (Lipinski definition) is 1. The molecule has 0 aliphatic carbocycles. The molecule has 1 aliphatic rings. The molecule has 23 heavy (non-hydrogen) atoms. The van der Waals surface area contributed by atoms with Gasteiger partial charge in [-0.1, -0.05) is 23.7 Å². The van der Waals surface area contributed by atoms with Crippen LogP contribution in [-0.4, -0.2) is 28.5 Å². The van der Waals surface area contributed by atoms with Crippen molar-refractivity contribution in [1.82, 2.24) is 10.4 Å². The fourth-order valence-corrected chi connectivity index (χ4v) is 2.94. The Balaban J connectivity index is 1.62. The highest BCUT2D eigenvalue weighted by molar-refractivity contribution is 8.00. The number of carbonyl (C=O) groups is 3. The minimum Gasteiger partial charge on any atom is -0.272 e. The molecule has 1 heterocycles. The van der Waals surface area contributed by atoms with Gasteiger partial charge in [-0.05, 0) is 36.4 Å². The van der Waals surface area contributed by atoms with Crippen molar-refractivity contribution in [3.05, 3.63) is 64.7 Å². The molecule has 0 aromatic heterocycles. The van der Waals surface area contributed by atoms with Gasteiger partial charge in [-0.2, -0.15) is 5.01 Å². The van der Waals surface area contributed by atoms with Crippen LogP contribution in [0.4, 0.5) is 0 Å². The van der Waals surface area contributed by atoms with E-state index in [0.29, 0.717) is 16.1 Å². The van der Waals surface area contributed by atoms with Crippen LogP contribution in [0.25, 0.3) is 0 Å². The second-order valence-corrected chi connectivity index (χ2v) is 6.25. The smallest absolute Gasteiger partial charge is 0.272 e. The molecule has 1 N–H and O–H groups in total. The predicted molar refractivity (Wildman–Crippen MR) is 87.3 cm³/mol. The Morgan fingerprint density at radius 1 is 1.00 bits per heavy atom. The summed E-state index contributed by atoms with van der Waals surface area (Å²) in [6, 6.07) is 13.5. The number of nitrogens with zero attached hydrogens (tertiary/aromatic N) is 1. The van der Waals surface area contributed by atoms with Crippen molar-refractivity contribution in [2.45, 2.75) is 4.90 Å². The summed E-state index contributed by atoms with van der Waals surface area (Å²) in [4.78, 5) is 37.1. The van der Waals surface area contributed by atoms with E-state index >= 15 is 0 Å². The number of thioether (sulfide) groups is 1. The Labute approximate surface area is 141 Å². The third-order valence-corrected chi connectivity index (χ3v) is 4.48. The minimum atomic E-state index is -0.518. The number of hydrogen-bond acceptors (Lipinski definition) is 4. The third kappa shape index (κ3) is 3.23. The van der Waals surface area contributed by atoms with Crippen LogP contribution in [0.2, 0.25) is 5.02 Å². The van der Waals surface area contributed by atoms with E-state index in [1.807, 2.05) is 0 Å². The van der Waals surface area contributed by atoms with E-state index in [-0.39, 0.29) is 5.75 Å². The summed E-state index contributed by atoms with van der Waals surface area (Å²) in [5.41, 5.74) is 2.94. The lowest BCUT2D eigenvalue weighted by Crippen LogP contribution is -2.46. The lowest BCUT2D eigenvalue weighted by Gasteiger charge is -2.14. The van der Waals surface area contributed by atoms with Crippen LogP contribution in [0.1, 0.15) is 20.7 Å². The summed E-state index contributed by atoms with van der Waals surface area (Å²) in [6.07, 6.45) is 0. The number of hydrazine groups is 1. The van der Waals surface area contributed by atoms with Crippen molar-refractivity contribution < 1.29 is 14.4 Å². The molecule has 3 rings (SSSR count). The molecule has 0 radical (unpaired) electrons. The zero-order chi connectivity index (χ0) is 16.4.